The average Bonchev–Trinajstić information content (AvgIpc) is 2.60. The smallest absolute Gasteiger partial charge is 0.269 e. The third-order valence-electron chi connectivity index (χ3n) is 5.12. The molecule has 0 saturated carbocycles. The predicted octanol–water partition coefficient (Wildman–Crippen LogP) is 6.53. The van der Waals surface area contributed by atoms with Crippen LogP contribution in [0.2, 0.25) is 0 Å². The van der Waals surface area contributed by atoms with Gasteiger partial charge in [-0.25, -0.2) is 11.1 Å². The normalized spacial score (nSPS) is 20.4. The molecule has 0 N–H and O–H groups in total. The second kappa shape index (κ2) is 9.26. The Morgan fingerprint density at radius 1 is 0.565 bits per heavy atom. The first-order chi connectivity index (χ1) is 8.90. The van der Waals surface area contributed by atoms with Crippen molar-refractivity contribution in [2.75, 3.05) is 0 Å². The molecule has 0 aliphatic heterocycles. The van der Waals surface area contributed by atoms with Gasteiger partial charge >= 0.3 is 26.2 Å². The van der Waals surface area contributed by atoms with Crippen molar-refractivity contribution in [3.05, 3.63) is 45.6 Å². The van der Waals surface area contributed by atoms with Gasteiger partial charge in [0.05, 0.1) is 0 Å². The van der Waals surface area contributed by atoms with Gasteiger partial charge in [0.2, 0.25) is 0 Å². The molecule has 0 atom stereocenters. The van der Waals surface area contributed by atoms with Gasteiger partial charge in [-0.3, -0.25) is 21.6 Å². The minimum Gasteiger partial charge on any atom is -0.269 e. The summed E-state index contributed by atoms with van der Waals surface area (Å²) in [5.74, 6) is 0. The summed E-state index contributed by atoms with van der Waals surface area (Å²) in [5.41, 5.74) is 8.79. The molecule has 0 spiro atoms. The molecule has 0 unspecified atom stereocenters. The Labute approximate surface area is 161 Å². The topological polar surface area (TPSA) is 0 Å². The molecule has 2 aliphatic carbocycles. The Kier molecular flexibility index (Phi) is 11.1. The number of rotatable bonds is 0. The van der Waals surface area contributed by atoms with Crippen LogP contribution in [-0.4, -0.2) is 0 Å². The summed E-state index contributed by atoms with van der Waals surface area (Å²) in [5, 5.41) is 0. The van der Waals surface area contributed by atoms with Crippen molar-refractivity contribution in [1.29, 1.82) is 0 Å². The number of allylic oxidation sites excluding steroid dienone is 8. The Balaban J connectivity index is -0.000000308. The van der Waals surface area contributed by atoms with E-state index in [0.29, 0.717) is 0 Å². The molecular formula is C20H32F2Zr. The van der Waals surface area contributed by atoms with Gasteiger partial charge in [0, 0.05) is 0 Å². The van der Waals surface area contributed by atoms with Crippen LogP contribution in [0.4, 0.5) is 9.41 Å². The summed E-state index contributed by atoms with van der Waals surface area (Å²) >= 11 is 0. The van der Waals surface area contributed by atoms with Crippen molar-refractivity contribution in [3.8, 4) is 0 Å². The first kappa shape index (κ1) is 27.5. The Morgan fingerprint density at radius 3 is 0.826 bits per heavy atom. The molecule has 0 bridgehead atoms. The van der Waals surface area contributed by atoms with E-state index in [2.05, 4.69) is 81.4 Å². The summed E-state index contributed by atoms with van der Waals surface area (Å²) in [7, 11) is 0. The first-order valence-electron chi connectivity index (χ1n) is 7.50. The van der Waals surface area contributed by atoms with Crippen LogP contribution in [0.15, 0.2) is 33.4 Å². The van der Waals surface area contributed by atoms with Crippen LogP contribution in [0.3, 0.4) is 0 Å². The summed E-state index contributed by atoms with van der Waals surface area (Å²) < 4.78 is 0. The maximum Gasteiger partial charge on any atom is 2.00 e. The fraction of sp³-hybridized carbons (Fsp3) is 0.600. The molecule has 0 aromatic rings. The Hall–Kier alpha value is -0.297. The minimum absolute atomic E-state index is 0. The third kappa shape index (κ3) is 5.93. The van der Waals surface area contributed by atoms with Crippen LogP contribution in [0.25, 0.3) is 0 Å². The molecule has 2 rings (SSSR count). The fourth-order valence-electron chi connectivity index (χ4n) is 2.81. The van der Waals surface area contributed by atoms with Gasteiger partial charge < -0.3 is 0 Å². The van der Waals surface area contributed by atoms with E-state index in [1.807, 2.05) is 0 Å². The van der Waals surface area contributed by atoms with Crippen molar-refractivity contribution in [2.24, 2.45) is 10.8 Å². The van der Waals surface area contributed by atoms with Crippen LogP contribution in [-0.2, 0) is 26.2 Å². The maximum atomic E-state index is 3.44. The van der Waals surface area contributed by atoms with Crippen LogP contribution >= 0.6 is 0 Å². The quantitative estimate of drug-likeness (QED) is 0.405. The standard InChI is InChI=1S/2C10H15.2FH.Zr/c2*1-7-6-10(4,5)9(3)8(7)2;;;/h2*1-5H3;2*1H;/q2*-1;;;+2. The molecule has 23 heavy (non-hydrogen) atoms. The summed E-state index contributed by atoms with van der Waals surface area (Å²) in [6.07, 6.45) is 6.87. The second-order valence-corrected chi connectivity index (χ2v) is 7.25. The van der Waals surface area contributed by atoms with Gasteiger partial charge in [0.15, 0.2) is 0 Å². The summed E-state index contributed by atoms with van der Waals surface area (Å²) in [4.78, 5) is 0. The van der Waals surface area contributed by atoms with Gasteiger partial charge in [-0.2, -0.15) is 22.3 Å². The SMILES string of the molecule is CC1=[C-]C(C)(C)C(C)=C1C.CC1=[C-]C(C)(C)C(C)=C1C.F.F.[Zr+2]. The second-order valence-electron chi connectivity index (χ2n) is 7.25. The number of halogens is 2. The van der Waals surface area contributed by atoms with Crippen molar-refractivity contribution in [3.63, 3.8) is 0 Å². The summed E-state index contributed by atoms with van der Waals surface area (Å²) in [6.45, 7) is 21.8. The largest absolute Gasteiger partial charge is 2.00 e. The van der Waals surface area contributed by atoms with E-state index in [1.54, 1.807) is 0 Å². The van der Waals surface area contributed by atoms with Crippen molar-refractivity contribution in [1.82, 2.24) is 0 Å². The number of hydrogen-bond acceptors (Lipinski definition) is 0. The van der Waals surface area contributed by atoms with Gasteiger partial charge in [0.1, 0.15) is 0 Å². The molecule has 130 valence electrons. The molecule has 0 saturated heterocycles. The molecule has 0 radical (unpaired) electrons. The van der Waals surface area contributed by atoms with Gasteiger partial charge in [-0.15, -0.1) is 13.8 Å². The van der Waals surface area contributed by atoms with E-state index in [4.69, 9.17) is 0 Å². The Bertz CT molecular complexity index is 494. The van der Waals surface area contributed by atoms with Gasteiger partial charge in [-0.1, -0.05) is 66.2 Å². The average molecular weight is 402 g/mol. The van der Waals surface area contributed by atoms with Crippen LogP contribution < -0.4 is 0 Å². The zero-order valence-electron chi connectivity index (χ0n) is 16.3. The molecule has 3 heteroatoms. The molecular weight excluding hydrogens is 369 g/mol. The predicted molar refractivity (Wildman–Crippen MR) is 94.2 cm³/mol. The van der Waals surface area contributed by atoms with Crippen molar-refractivity contribution < 1.29 is 35.6 Å². The fourth-order valence-corrected chi connectivity index (χ4v) is 2.81. The molecule has 0 aromatic heterocycles. The monoisotopic (exact) mass is 400 g/mol. The molecule has 2 aliphatic rings. The van der Waals surface area contributed by atoms with Crippen molar-refractivity contribution >= 4 is 0 Å². The molecule has 0 amide bonds. The van der Waals surface area contributed by atoms with E-state index in [9.17, 15) is 0 Å². The van der Waals surface area contributed by atoms with Crippen LogP contribution in [0, 0.1) is 23.0 Å². The number of hydrogen-bond donors (Lipinski definition) is 0. The third-order valence-corrected chi connectivity index (χ3v) is 5.12. The van der Waals surface area contributed by atoms with E-state index in [1.165, 1.54) is 33.4 Å². The first-order valence-corrected chi connectivity index (χ1v) is 7.50. The van der Waals surface area contributed by atoms with Crippen LogP contribution in [0.5, 0.6) is 0 Å². The minimum atomic E-state index is 0. The van der Waals surface area contributed by atoms with E-state index < -0.39 is 0 Å². The van der Waals surface area contributed by atoms with Crippen LogP contribution in [0.1, 0.15) is 69.2 Å². The van der Waals surface area contributed by atoms with Crippen molar-refractivity contribution in [2.45, 2.75) is 69.2 Å². The zero-order chi connectivity index (χ0) is 15.9. The summed E-state index contributed by atoms with van der Waals surface area (Å²) in [6, 6.07) is 0. The van der Waals surface area contributed by atoms with E-state index >= 15 is 0 Å². The zero-order valence-corrected chi connectivity index (χ0v) is 18.8. The molecule has 0 heterocycles. The molecule has 0 fully saturated rings. The van der Waals surface area contributed by atoms with Gasteiger partial charge in [0.25, 0.3) is 0 Å². The molecule has 0 nitrogen and oxygen atoms in total. The maximum absolute atomic E-state index is 3.44. The molecule has 0 aromatic carbocycles. The van der Waals surface area contributed by atoms with Gasteiger partial charge in [-0.05, 0) is 0 Å². The Morgan fingerprint density at radius 2 is 0.783 bits per heavy atom. The van der Waals surface area contributed by atoms with E-state index in [-0.39, 0.29) is 46.4 Å². The van der Waals surface area contributed by atoms with E-state index in [0.717, 1.165) is 0 Å².